The fraction of sp³-hybridized carbons (Fsp3) is 0.500. The van der Waals surface area contributed by atoms with Crippen molar-refractivity contribution in [3.05, 3.63) is 12.4 Å². The zero-order chi connectivity index (χ0) is 11.1. The Morgan fingerprint density at radius 1 is 1.47 bits per heavy atom. The smallest absolute Gasteiger partial charge is 0.303 e. The topological polar surface area (TPSA) is 97.1 Å². The molecule has 0 aliphatic carbocycles. The van der Waals surface area contributed by atoms with Gasteiger partial charge in [0.1, 0.15) is 6.54 Å². The maximum absolute atomic E-state index is 11.2. The molecule has 1 aromatic rings. The van der Waals surface area contributed by atoms with E-state index in [0.717, 1.165) is 0 Å². The molecule has 82 valence electrons. The Kier molecular flexibility index (Phi) is 4.27. The molecule has 0 aromatic carbocycles. The SMILES string of the molecule is O=C(O)CCCNC(=O)Cn1ccnn1. The van der Waals surface area contributed by atoms with Gasteiger partial charge in [0.2, 0.25) is 5.91 Å². The second-order valence-corrected chi connectivity index (χ2v) is 2.95. The van der Waals surface area contributed by atoms with Crippen LogP contribution in [0.1, 0.15) is 12.8 Å². The van der Waals surface area contributed by atoms with Crippen LogP contribution in [0.3, 0.4) is 0 Å². The van der Waals surface area contributed by atoms with Gasteiger partial charge in [0.05, 0.1) is 6.20 Å². The first-order valence-corrected chi connectivity index (χ1v) is 4.51. The molecular formula is C8H12N4O3. The Morgan fingerprint density at radius 2 is 2.27 bits per heavy atom. The summed E-state index contributed by atoms with van der Waals surface area (Å²) in [5, 5.41) is 18.1. The number of carbonyl (C=O) groups is 2. The van der Waals surface area contributed by atoms with E-state index in [1.165, 1.54) is 10.9 Å². The van der Waals surface area contributed by atoms with Gasteiger partial charge in [0.25, 0.3) is 0 Å². The molecule has 15 heavy (non-hydrogen) atoms. The third-order valence-corrected chi connectivity index (χ3v) is 1.67. The van der Waals surface area contributed by atoms with Crippen LogP contribution in [-0.4, -0.2) is 38.5 Å². The zero-order valence-corrected chi connectivity index (χ0v) is 8.09. The van der Waals surface area contributed by atoms with Crippen LogP contribution in [0.4, 0.5) is 0 Å². The minimum absolute atomic E-state index is 0.0591. The normalized spacial score (nSPS) is 9.87. The monoisotopic (exact) mass is 212 g/mol. The first-order chi connectivity index (χ1) is 7.18. The number of carboxylic acids is 1. The van der Waals surface area contributed by atoms with E-state index in [9.17, 15) is 9.59 Å². The number of hydrogen-bond donors (Lipinski definition) is 2. The van der Waals surface area contributed by atoms with Crippen molar-refractivity contribution in [2.75, 3.05) is 6.54 Å². The average molecular weight is 212 g/mol. The highest BCUT2D eigenvalue weighted by molar-refractivity contribution is 5.75. The Morgan fingerprint density at radius 3 is 2.87 bits per heavy atom. The standard InChI is InChI=1S/C8H12N4O3/c13-7(6-12-5-4-10-11-12)9-3-1-2-8(14)15/h4-5H,1-3,6H2,(H,9,13)(H,14,15). The van der Waals surface area contributed by atoms with E-state index in [1.54, 1.807) is 6.20 Å². The number of nitrogens with zero attached hydrogens (tertiary/aromatic N) is 3. The minimum Gasteiger partial charge on any atom is -0.481 e. The highest BCUT2D eigenvalue weighted by atomic mass is 16.4. The lowest BCUT2D eigenvalue weighted by Gasteiger charge is -2.03. The van der Waals surface area contributed by atoms with Crippen molar-refractivity contribution in [1.82, 2.24) is 20.3 Å². The molecule has 0 aliphatic rings. The number of amides is 1. The fourth-order valence-corrected chi connectivity index (χ4v) is 0.988. The zero-order valence-electron chi connectivity index (χ0n) is 8.09. The van der Waals surface area contributed by atoms with Gasteiger partial charge >= 0.3 is 5.97 Å². The minimum atomic E-state index is -0.861. The molecule has 1 rings (SSSR count). The number of nitrogens with one attached hydrogen (secondary N) is 1. The Labute approximate surface area is 86.1 Å². The van der Waals surface area contributed by atoms with Gasteiger partial charge in [-0.1, -0.05) is 5.21 Å². The molecule has 7 heteroatoms. The summed E-state index contributed by atoms with van der Waals surface area (Å²) in [4.78, 5) is 21.4. The lowest BCUT2D eigenvalue weighted by Crippen LogP contribution is -2.28. The molecule has 0 aliphatic heterocycles. The van der Waals surface area contributed by atoms with Crippen molar-refractivity contribution >= 4 is 11.9 Å². The molecule has 0 spiro atoms. The molecule has 1 aromatic heterocycles. The maximum Gasteiger partial charge on any atom is 0.303 e. The van der Waals surface area contributed by atoms with Gasteiger partial charge in [-0.15, -0.1) is 5.10 Å². The average Bonchev–Trinajstić information content (AvgIpc) is 2.64. The molecule has 7 nitrogen and oxygen atoms in total. The summed E-state index contributed by atoms with van der Waals surface area (Å²) in [7, 11) is 0. The van der Waals surface area contributed by atoms with Crippen molar-refractivity contribution < 1.29 is 14.7 Å². The van der Waals surface area contributed by atoms with Crippen LogP contribution in [0.25, 0.3) is 0 Å². The van der Waals surface area contributed by atoms with Crippen LogP contribution in [0.2, 0.25) is 0 Å². The van der Waals surface area contributed by atoms with Crippen LogP contribution in [0.15, 0.2) is 12.4 Å². The maximum atomic E-state index is 11.2. The molecule has 0 radical (unpaired) electrons. The highest BCUT2D eigenvalue weighted by Crippen LogP contribution is 1.87. The number of carboxylic acid groups (broad SMARTS) is 1. The Bertz CT molecular complexity index is 323. The van der Waals surface area contributed by atoms with Crippen LogP contribution >= 0.6 is 0 Å². The van der Waals surface area contributed by atoms with Crippen molar-refractivity contribution in [2.24, 2.45) is 0 Å². The third-order valence-electron chi connectivity index (χ3n) is 1.67. The first-order valence-electron chi connectivity index (χ1n) is 4.51. The van der Waals surface area contributed by atoms with Crippen molar-refractivity contribution in [1.29, 1.82) is 0 Å². The molecule has 0 atom stereocenters. The Balaban J connectivity index is 2.11. The van der Waals surface area contributed by atoms with Crippen molar-refractivity contribution in [2.45, 2.75) is 19.4 Å². The van der Waals surface area contributed by atoms with Gasteiger partial charge in [0.15, 0.2) is 0 Å². The molecular weight excluding hydrogens is 200 g/mol. The number of carbonyl (C=O) groups excluding carboxylic acids is 1. The van der Waals surface area contributed by atoms with Gasteiger partial charge in [0, 0.05) is 19.2 Å². The lowest BCUT2D eigenvalue weighted by molar-refractivity contribution is -0.137. The van der Waals surface area contributed by atoms with E-state index < -0.39 is 5.97 Å². The van der Waals surface area contributed by atoms with E-state index in [-0.39, 0.29) is 18.9 Å². The molecule has 1 amide bonds. The predicted molar refractivity (Wildman–Crippen MR) is 49.9 cm³/mol. The van der Waals surface area contributed by atoms with Crippen molar-refractivity contribution in [3.63, 3.8) is 0 Å². The number of rotatable bonds is 6. The summed E-state index contributed by atoms with van der Waals surface area (Å²) in [6.45, 7) is 0.465. The summed E-state index contributed by atoms with van der Waals surface area (Å²) >= 11 is 0. The van der Waals surface area contributed by atoms with Crippen LogP contribution < -0.4 is 5.32 Å². The summed E-state index contributed by atoms with van der Waals surface area (Å²) < 4.78 is 1.40. The van der Waals surface area contributed by atoms with E-state index in [0.29, 0.717) is 13.0 Å². The van der Waals surface area contributed by atoms with Gasteiger partial charge < -0.3 is 10.4 Å². The summed E-state index contributed by atoms with van der Waals surface area (Å²) in [5.41, 5.74) is 0. The predicted octanol–water partition coefficient (Wildman–Crippen LogP) is -0.741. The van der Waals surface area contributed by atoms with E-state index in [1.807, 2.05) is 0 Å². The second-order valence-electron chi connectivity index (χ2n) is 2.95. The molecule has 0 saturated heterocycles. The summed E-state index contributed by atoms with van der Waals surface area (Å²) in [5.74, 6) is -1.06. The van der Waals surface area contributed by atoms with Crippen LogP contribution in [0.5, 0.6) is 0 Å². The number of aliphatic carboxylic acids is 1. The molecule has 2 N–H and O–H groups in total. The second kappa shape index (κ2) is 5.74. The van der Waals surface area contributed by atoms with E-state index in [2.05, 4.69) is 15.6 Å². The van der Waals surface area contributed by atoms with E-state index in [4.69, 9.17) is 5.11 Å². The molecule has 0 bridgehead atoms. The number of hydrogen-bond acceptors (Lipinski definition) is 4. The largest absolute Gasteiger partial charge is 0.481 e. The van der Waals surface area contributed by atoms with Gasteiger partial charge in [-0.3, -0.25) is 9.59 Å². The Hall–Kier alpha value is -1.92. The quantitative estimate of drug-likeness (QED) is 0.605. The third kappa shape index (κ3) is 4.75. The first kappa shape index (κ1) is 11.2. The fourth-order valence-electron chi connectivity index (χ4n) is 0.988. The molecule has 0 saturated carbocycles. The number of aromatic nitrogens is 3. The molecule has 1 heterocycles. The molecule has 0 fully saturated rings. The van der Waals surface area contributed by atoms with Crippen molar-refractivity contribution in [3.8, 4) is 0 Å². The highest BCUT2D eigenvalue weighted by Gasteiger charge is 2.02. The summed E-state index contributed by atoms with van der Waals surface area (Å²) in [6.07, 6.45) is 3.55. The summed E-state index contributed by atoms with van der Waals surface area (Å²) in [6, 6.07) is 0. The van der Waals surface area contributed by atoms with E-state index >= 15 is 0 Å². The van der Waals surface area contributed by atoms with Crippen LogP contribution in [0, 0.1) is 0 Å². The van der Waals surface area contributed by atoms with Gasteiger partial charge in [-0.2, -0.15) is 0 Å². The van der Waals surface area contributed by atoms with Crippen LogP contribution in [-0.2, 0) is 16.1 Å². The molecule has 0 unspecified atom stereocenters. The van der Waals surface area contributed by atoms with Gasteiger partial charge in [-0.05, 0) is 6.42 Å². The lowest BCUT2D eigenvalue weighted by atomic mass is 10.3. The van der Waals surface area contributed by atoms with Gasteiger partial charge in [-0.25, -0.2) is 4.68 Å².